The first kappa shape index (κ1) is 13.7. The fourth-order valence-electron chi connectivity index (χ4n) is 2.77. The van der Waals surface area contributed by atoms with Gasteiger partial charge in [0.25, 0.3) is 0 Å². The summed E-state index contributed by atoms with van der Waals surface area (Å²) in [5, 5.41) is 10.4. The highest BCUT2D eigenvalue weighted by Crippen LogP contribution is 2.32. The molecule has 21 heavy (non-hydrogen) atoms. The van der Waals surface area contributed by atoms with Gasteiger partial charge in [0.15, 0.2) is 0 Å². The minimum absolute atomic E-state index is 0.519. The first-order valence-corrected chi connectivity index (χ1v) is 7.22. The van der Waals surface area contributed by atoms with E-state index in [-0.39, 0.29) is 0 Å². The van der Waals surface area contributed by atoms with Gasteiger partial charge >= 0.3 is 0 Å². The van der Waals surface area contributed by atoms with Crippen molar-refractivity contribution in [2.45, 2.75) is 20.3 Å². The van der Waals surface area contributed by atoms with Crippen LogP contribution in [0.3, 0.4) is 0 Å². The Morgan fingerprint density at radius 2 is 1.71 bits per heavy atom. The Morgan fingerprint density at radius 1 is 1.05 bits per heavy atom. The Morgan fingerprint density at radius 3 is 2.43 bits per heavy atom. The van der Waals surface area contributed by atoms with E-state index in [1.807, 2.05) is 30.9 Å². The summed E-state index contributed by atoms with van der Waals surface area (Å²) in [6.07, 6.45) is 0.903. The number of aromatic nitrogens is 4. The summed E-state index contributed by atoms with van der Waals surface area (Å²) in [6.45, 7) is 4.37. The third-order valence-electron chi connectivity index (χ3n) is 3.79. The molecule has 0 bridgehead atoms. The molecule has 0 spiro atoms. The molecule has 110 valence electrons. The predicted octanol–water partition coefficient (Wildman–Crippen LogP) is 2.75. The molecule has 3 rings (SSSR count). The molecule has 2 heterocycles. The van der Waals surface area contributed by atoms with Crippen molar-refractivity contribution in [3.63, 3.8) is 0 Å². The second-order valence-corrected chi connectivity index (χ2v) is 5.92. The van der Waals surface area contributed by atoms with Crippen LogP contribution < -0.4 is 5.73 Å². The standard InChI is InChI=1S/C16H21N5/c1-10(2)9-12-15(19-21(4)16(12)17)14-11-7-5-6-8-13(11)20(3)18-14/h5-8,10H,9,17H2,1-4H3. The number of nitrogens with zero attached hydrogens (tertiary/aromatic N) is 4. The second-order valence-electron chi connectivity index (χ2n) is 5.92. The van der Waals surface area contributed by atoms with Crippen LogP contribution in [-0.2, 0) is 20.5 Å². The lowest BCUT2D eigenvalue weighted by Gasteiger charge is -2.05. The van der Waals surface area contributed by atoms with Gasteiger partial charge in [-0.05, 0) is 18.4 Å². The molecule has 2 N–H and O–H groups in total. The van der Waals surface area contributed by atoms with Gasteiger partial charge in [-0.15, -0.1) is 0 Å². The van der Waals surface area contributed by atoms with Gasteiger partial charge in [0, 0.05) is 25.0 Å². The van der Waals surface area contributed by atoms with Gasteiger partial charge in [-0.3, -0.25) is 9.36 Å². The average Bonchev–Trinajstić information content (AvgIpc) is 2.91. The van der Waals surface area contributed by atoms with Gasteiger partial charge < -0.3 is 5.73 Å². The van der Waals surface area contributed by atoms with Crippen molar-refractivity contribution in [1.82, 2.24) is 19.6 Å². The summed E-state index contributed by atoms with van der Waals surface area (Å²) in [4.78, 5) is 0. The van der Waals surface area contributed by atoms with Crippen molar-refractivity contribution >= 4 is 16.7 Å². The van der Waals surface area contributed by atoms with Crippen molar-refractivity contribution in [3.8, 4) is 11.4 Å². The van der Waals surface area contributed by atoms with Gasteiger partial charge in [0.1, 0.15) is 17.2 Å². The van der Waals surface area contributed by atoms with Crippen molar-refractivity contribution in [2.75, 3.05) is 5.73 Å². The fraction of sp³-hybridized carbons (Fsp3) is 0.375. The van der Waals surface area contributed by atoms with E-state index in [0.29, 0.717) is 5.92 Å². The molecule has 5 heteroatoms. The predicted molar refractivity (Wildman–Crippen MR) is 85.9 cm³/mol. The third-order valence-corrected chi connectivity index (χ3v) is 3.79. The van der Waals surface area contributed by atoms with Gasteiger partial charge in [-0.1, -0.05) is 32.0 Å². The highest BCUT2D eigenvalue weighted by atomic mass is 15.3. The van der Waals surface area contributed by atoms with E-state index < -0.39 is 0 Å². The summed E-state index contributed by atoms with van der Waals surface area (Å²) in [7, 11) is 3.84. The number of rotatable bonds is 3. The third kappa shape index (κ3) is 2.18. The monoisotopic (exact) mass is 283 g/mol. The van der Waals surface area contributed by atoms with E-state index in [1.165, 1.54) is 0 Å². The smallest absolute Gasteiger partial charge is 0.125 e. The van der Waals surface area contributed by atoms with Crippen LogP contribution in [0.1, 0.15) is 19.4 Å². The first-order chi connectivity index (χ1) is 9.99. The normalized spacial score (nSPS) is 11.7. The lowest BCUT2D eigenvalue weighted by molar-refractivity contribution is 0.648. The molecule has 0 radical (unpaired) electrons. The molecule has 0 unspecified atom stereocenters. The van der Waals surface area contributed by atoms with Crippen LogP contribution in [0.25, 0.3) is 22.3 Å². The Labute approximate surface area is 124 Å². The SMILES string of the molecule is CC(C)Cc1c(-c2nn(C)c3ccccc23)nn(C)c1N. The Balaban J connectivity index is 2.26. The Hall–Kier alpha value is -2.30. The van der Waals surface area contributed by atoms with Crippen molar-refractivity contribution in [2.24, 2.45) is 20.0 Å². The maximum absolute atomic E-state index is 6.21. The van der Waals surface area contributed by atoms with E-state index in [9.17, 15) is 0 Å². The van der Waals surface area contributed by atoms with Crippen LogP contribution in [0.15, 0.2) is 24.3 Å². The largest absolute Gasteiger partial charge is 0.384 e. The molecule has 1 aromatic carbocycles. The van der Waals surface area contributed by atoms with Gasteiger partial charge in [0.2, 0.25) is 0 Å². The molecule has 0 atom stereocenters. The molecule has 0 aliphatic rings. The topological polar surface area (TPSA) is 61.7 Å². The van der Waals surface area contributed by atoms with Crippen molar-refractivity contribution in [3.05, 3.63) is 29.8 Å². The van der Waals surface area contributed by atoms with E-state index in [1.54, 1.807) is 4.68 Å². The molecular weight excluding hydrogens is 262 g/mol. The minimum atomic E-state index is 0.519. The Bertz CT molecular complexity index is 794. The second kappa shape index (κ2) is 4.91. The number of benzene rings is 1. The number of hydrogen-bond donors (Lipinski definition) is 1. The van der Waals surface area contributed by atoms with E-state index in [0.717, 1.165) is 40.1 Å². The minimum Gasteiger partial charge on any atom is -0.384 e. The number of para-hydroxylation sites is 1. The molecule has 5 nitrogen and oxygen atoms in total. The van der Waals surface area contributed by atoms with Crippen LogP contribution in [0.4, 0.5) is 5.82 Å². The molecule has 0 aliphatic heterocycles. The van der Waals surface area contributed by atoms with E-state index in [4.69, 9.17) is 5.73 Å². The zero-order chi connectivity index (χ0) is 15.1. The zero-order valence-corrected chi connectivity index (χ0v) is 13.0. The maximum atomic E-state index is 6.21. The molecular formula is C16H21N5. The molecule has 0 saturated heterocycles. The van der Waals surface area contributed by atoms with Crippen molar-refractivity contribution in [1.29, 1.82) is 0 Å². The maximum Gasteiger partial charge on any atom is 0.125 e. The highest BCUT2D eigenvalue weighted by molar-refractivity contribution is 5.93. The van der Waals surface area contributed by atoms with Crippen LogP contribution in [0.2, 0.25) is 0 Å². The van der Waals surface area contributed by atoms with E-state index in [2.05, 4.69) is 36.2 Å². The summed E-state index contributed by atoms with van der Waals surface area (Å²) < 4.78 is 3.64. The lowest BCUT2D eigenvalue weighted by atomic mass is 10.0. The number of fused-ring (bicyclic) bond motifs is 1. The molecule has 2 aromatic heterocycles. The zero-order valence-electron chi connectivity index (χ0n) is 13.0. The average molecular weight is 283 g/mol. The molecule has 0 amide bonds. The Kier molecular flexibility index (Phi) is 3.20. The summed E-state index contributed by atoms with van der Waals surface area (Å²) in [5.74, 6) is 1.25. The summed E-state index contributed by atoms with van der Waals surface area (Å²) in [6, 6.07) is 8.21. The van der Waals surface area contributed by atoms with E-state index >= 15 is 0 Å². The van der Waals surface area contributed by atoms with Gasteiger partial charge in [-0.25, -0.2) is 0 Å². The highest BCUT2D eigenvalue weighted by Gasteiger charge is 2.21. The van der Waals surface area contributed by atoms with Crippen LogP contribution in [0, 0.1) is 5.92 Å². The van der Waals surface area contributed by atoms with Crippen LogP contribution in [-0.4, -0.2) is 19.6 Å². The number of nitrogen functional groups attached to an aromatic ring is 1. The number of hydrogen-bond acceptors (Lipinski definition) is 3. The molecule has 0 fully saturated rings. The fourth-order valence-corrected chi connectivity index (χ4v) is 2.77. The van der Waals surface area contributed by atoms with Gasteiger partial charge in [0.05, 0.1) is 5.52 Å². The summed E-state index contributed by atoms with van der Waals surface area (Å²) in [5.41, 5.74) is 10.2. The molecule has 0 saturated carbocycles. The van der Waals surface area contributed by atoms with Crippen molar-refractivity contribution < 1.29 is 0 Å². The number of anilines is 1. The first-order valence-electron chi connectivity index (χ1n) is 7.22. The van der Waals surface area contributed by atoms with Gasteiger partial charge in [-0.2, -0.15) is 10.2 Å². The number of aryl methyl sites for hydroxylation is 2. The quantitative estimate of drug-likeness (QED) is 0.804. The van der Waals surface area contributed by atoms with Crippen LogP contribution in [0.5, 0.6) is 0 Å². The molecule has 3 aromatic rings. The van der Waals surface area contributed by atoms with Crippen LogP contribution >= 0.6 is 0 Å². The molecule has 0 aliphatic carbocycles. The number of nitrogens with two attached hydrogens (primary N) is 1. The summed E-state index contributed by atoms with van der Waals surface area (Å²) >= 11 is 0. The lowest BCUT2D eigenvalue weighted by Crippen LogP contribution is -2.02.